The van der Waals surface area contributed by atoms with Gasteiger partial charge in [-0.05, 0) is 37.4 Å². The van der Waals surface area contributed by atoms with Gasteiger partial charge in [0, 0.05) is 18.0 Å². The van der Waals surface area contributed by atoms with Crippen LogP contribution in [0.3, 0.4) is 0 Å². The van der Waals surface area contributed by atoms with Crippen molar-refractivity contribution in [3.8, 4) is 0 Å². The lowest BCUT2D eigenvalue weighted by Crippen LogP contribution is -2.35. The van der Waals surface area contributed by atoms with Crippen molar-refractivity contribution in [3.05, 3.63) is 24.3 Å². The zero-order valence-corrected chi connectivity index (χ0v) is 12.8. The fourth-order valence-electron chi connectivity index (χ4n) is 2.30. The van der Waals surface area contributed by atoms with Crippen LogP contribution in [0, 0.1) is 0 Å². The number of nitrogens with zero attached hydrogens (tertiary/aromatic N) is 1. The molecule has 1 aromatic carbocycles. The second kappa shape index (κ2) is 8.29. The summed E-state index contributed by atoms with van der Waals surface area (Å²) in [5.41, 5.74) is 0.928. The minimum absolute atomic E-state index is 0.0797. The quantitative estimate of drug-likeness (QED) is 0.816. The molecule has 110 valence electrons. The van der Waals surface area contributed by atoms with Gasteiger partial charge in [0.15, 0.2) is 0 Å². The van der Waals surface area contributed by atoms with Crippen LogP contribution in [0.1, 0.15) is 13.3 Å². The molecule has 1 heterocycles. The normalized spacial score (nSPS) is 16.6. The highest BCUT2D eigenvalue weighted by molar-refractivity contribution is 7.99. The van der Waals surface area contributed by atoms with Gasteiger partial charge in [0.05, 0.1) is 12.2 Å². The van der Waals surface area contributed by atoms with E-state index in [2.05, 4.69) is 28.5 Å². The van der Waals surface area contributed by atoms with Crippen LogP contribution < -0.4 is 10.6 Å². The molecule has 20 heavy (non-hydrogen) atoms. The number of nitrogens with one attached hydrogen (secondary N) is 2. The van der Waals surface area contributed by atoms with Gasteiger partial charge in [0.1, 0.15) is 0 Å². The maximum Gasteiger partial charge on any atom is 0.238 e. The zero-order chi connectivity index (χ0) is 14.2. The lowest BCUT2D eigenvalue weighted by molar-refractivity contribution is -0.117. The molecule has 0 saturated carbocycles. The number of thioether (sulfide) groups is 1. The third kappa shape index (κ3) is 4.81. The van der Waals surface area contributed by atoms with E-state index in [0.29, 0.717) is 6.54 Å². The monoisotopic (exact) mass is 293 g/mol. The average Bonchev–Trinajstić information content (AvgIpc) is 2.70. The largest absolute Gasteiger partial charge is 0.324 e. The van der Waals surface area contributed by atoms with Crippen molar-refractivity contribution >= 4 is 23.4 Å². The molecule has 0 spiro atoms. The summed E-state index contributed by atoms with van der Waals surface area (Å²) in [4.78, 5) is 15.5. The fraction of sp³-hybridized carbons (Fsp3) is 0.533. The highest BCUT2D eigenvalue weighted by Crippen LogP contribution is 2.26. The molecule has 5 heteroatoms. The second-order valence-electron chi connectivity index (χ2n) is 4.86. The molecule has 4 nitrogen and oxygen atoms in total. The molecular weight excluding hydrogens is 270 g/mol. The topological polar surface area (TPSA) is 44.4 Å². The first-order chi connectivity index (χ1) is 9.79. The molecule has 2 rings (SSSR count). The van der Waals surface area contributed by atoms with Crippen LogP contribution in [0.2, 0.25) is 0 Å². The maximum atomic E-state index is 12.2. The lowest BCUT2D eigenvalue weighted by atomic mass is 10.3. The van der Waals surface area contributed by atoms with Gasteiger partial charge >= 0.3 is 0 Å². The third-order valence-corrected chi connectivity index (χ3v) is 4.22. The first kappa shape index (κ1) is 15.4. The predicted molar refractivity (Wildman–Crippen MR) is 85.4 cm³/mol. The molecule has 0 unspecified atom stereocenters. The van der Waals surface area contributed by atoms with Crippen molar-refractivity contribution in [2.75, 3.05) is 43.8 Å². The van der Waals surface area contributed by atoms with Crippen molar-refractivity contribution in [2.45, 2.75) is 18.2 Å². The number of carbonyl (C=O) groups is 1. The Morgan fingerprint density at radius 1 is 1.35 bits per heavy atom. The standard InChI is InChI=1S/C15H23N3OS/c1-2-20-14-7-4-3-6-13(14)17-15(19)12-18-10-5-8-16-9-11-18/h3-4,6-7,16H,2,5,8-12H2,1H3,(H,17,19). The van der Waals surface area contributed by atoms with Crippen molar-refractivity contribution in [2.24, 2.45) is 0 Å². The van der Waals surface area contributed by atoms with E-state index in [1.54, 1.807) is 11.8 Å². The van der Waals surface area contributed by atoms with Gasteiger partial charge in [0.2, 0.25) is 5.91 Å². The Balaban J connectivity index is 1.90. The molecule has 1 amide bonds. The lowest BCUT2D eigenvalue weighted by Gasteiger charge is -2.19. The van der Waals surface area contributed by atoms with Gasteiger partial charge < -0.3 is 10.6 Å². The van der Waals surface area contributed by atoms with Gasteiger partial charge in [0.25, 0.3) is 0 Å². The highest BCUT2D eigenvalue weighted by Gasteiger charge is 2.13. The van der Waals surface area contributed by atoms with Crippen molar-refractivity contribution < 1.29 is 4.79 Å². The predicted octanol–water partition coefficient (Wildman–Crippen LogP) is 2.03. The average molecular weight is 293 g/mol. The highest BCUT2D eigenvalue weighted by atomic mass is 32.2. The summed E-state index contributed by atoms with van der Waals surface area (Å²) in [7, 11) is 0. The molecule has 0 atom stereocenters. The summed E-state index contributed by atoms with van der Waals surface area (Å²) in [6.45, 7) is 6.55. The minimum atomic E-state index is 0.0797. The van der Waals surface area contributed by atoms with E-state index in [-0.39, 0.29) is 5.91 Å². The first-order valence-corrected chi connectivity index (χ1v) is 8.23. The van der Waals surface area contributed by atoms with Crippen LogP contribution in [-0.2, 0) is 4.79 Å². The fourth-order valence-corrected chi connectivity index (χ4v) is 3.06. The third-order valence-electron chi connectivity index (χ3n) is 3.26. The molecule has 1 saturated heterocycles. The zero-order valence-electron chi connectivity index (χ0n) is 12.0. The molecule has 1 aliphatic rings. The van der Waals surface area contributed by atoms with Crippen molar-refractivity contribution in [1.82, 2.24) is 10.2 Å². The van der Waals surface area contributed by atoms with E-state index in [1.807, 2.05) is 18.2 Å². The van der Waals surface area contributed by atoms with Crippen LogP contribution in [0.4, 0.5) is 5.69 Å². The molecule has 0 aliphatic carbocycles. The number of rotatable bonds is 5. The second-order valence-corrected chi connectivity index (χ2v) is 6.16. The number of anilines is 1. The number of para-hydroxylation sites is 1. The first-order valence-electron chi connectivity index (χ1n) is 7.24. The Morgan fingerprint density at radius 2 is 2.20 bits per heavy atom. The van der Waals surface area contributed by atoms with E-state index in [0.717, 1.165) is 48.9 Å². The van der Waals surface area contributed by atoms with E-state index < -0.39 is 0 Å². The summed E-state index contributed by atoms with van der Waals surface area (Å²) in [6.07, 6.45) is 1.11. The van der Waals surface area contributed by atoms with Crippen LogP contribution in [-0.4, -0.2) is 49.3 Å². The van der Waals surface area contributed by atoms with Gasteiger partial charge in [-0.1, -0.05) is 19.1 Å². The smallest absolute Gasteiger partial charge is 0.238 e. The molecule has 2 N–H and O–H groups in total. The molecule has 1 aliphatic heterocycles. The van der Waals surface area contributed by atoms with Crippen LogP contribution in [0.5, 0.6) is 0 Å². The molecule has 1 aromatic rings. The summed E-state index contributed by atoms with van der Waals surface area (Å²) in [5, 5.41) is 6.39. The molecule has 0 radical (unpaired) electrons. The van der Waals surface area contributed by atoms with Crippen LogP contribution in [0.15, 0.2) is 29.2 Å². The van der Waals surface area contributed by atoms with Crippen LogP contribution in [0.25, 0.3) is 0 Å². The Labute approximate surface area is 125 Å². The number of hydrogen-bond acceptors (Lipinski definition) is 4. The van der Waals surface area contributed by atoms with Crippen LogP contribution >= 0.6 is 11.8 Å². The summed E-state index contributed by atoms with van der Waals surface area (Å²) in [5.74, 6) is 1.08. The van der Waals surface area contributed by atoms with Crippen molar-refractivity contribution in [3.63, 3.8) is 0 Å². The Hall–Kier alpha value is -1.04. The van der Waals surface area contributed by atoms with Crippen molar-refractivity contribution in [1.29, 1.82) is 0 Å². The SMILES string of the molecule is CCSc1ccccc1NC(=O)CN1CCCNCC1. The number of carbonyl (C=O) groups excluding carboxylic acids is 1. The van der Waals surface area contributed by atoms with E-state index in [4.69, 9.17) is 0 Å². The Morgan fingerprint density at radius 3 is 3.05 bits per heavy atom. The molecule has 0 aromatic heterocycles. The molecular formula is C15H23N3OS. The number of hydrogen-bond donors (Lipinski definition) is 2. The number of benzene rings is 1. The van der Waals surface area contributed by atoms with E-state index in [9.17, 15) is 4.79 Å². The Kier molecular flexibility index (Phi) is 6.36. The van der Waals surface area contributed by atoms with Gasteiger partial charge in [-0.2, -0.15) is 0 Å². The maximum absolute atomic E-state index is 12.2. The van der Waals surface area contributed by atoms with Gasteiger partial charge in [-0.25, -0.2) is 0 Å². The van der Waals surface area contributed by atoms with E-state index >= 15 is 0 Å². The Bertz CT molecular complexity index is 431. The summed E-state index contributed by atoms with van der Waals surface area (Å²) in [6, 6.07) is 8.00. The van der Waals surface area contributed by atoms with Gasteiger partial charge in [-0.15, -0.1) is 11.8 Å². The number of amides is 1. The minimum Gasteiger partial charge on any atom is -0.324 e. The summed E-state index contributed by atoms with van der Waals surface area (Å²) >= 11 is 1.75. The van der Waals surface area contributed by atoms with Gasteiger partial charge in [-0.3, -0.25) is 9.69 Å². The summed E-state index contributed by atoms with van der Waals surface area (Å²) < 4.78 is 0. The molecule has 1 fully saturated rings. The molecule has 0 bridgehead atoms. The van der Waals surface area contributed by atoms with E-state index in [1.165, 1.54) is 0 Å².